The van der Waals surface area contributed by atoms with Crippen LogP contribution in [0.25, 0.3) is 0 Å². The zero-order chi connectivity index (χ0) is 39.6. The lowest BCUT2D eigenvalue weighted by Gasteiger charge is -2.27. The summed E-state index contributed by atoms with van der Waals surface area (Å²) in [6.45, 7) is 7.91. The van der Waals surface area contributed by atoms with Gasteiger partial charge in [0, 0.05) is 19.4 Å². The Labute approximate surface area is 327 Å². The van der Waals surface area contributed by atoms with E-state index in [-0.39, 0.29) is 42.0 Å². The van der Waals surface area contributed by atoms with E-state index in [1.165, 1.54) is 6.07 Å². The molecule has 0 saturated carbocycles. The maximum atomic E-state index is 13.2. The Kier molecular flexibility index (Phi) is 21.2. The van der Waals surface area contributed by atoms with E-state index >= 15 is 0 Å². The van der Waals surface area contributed by atoms with E-state index < -0.39 is 29.7 Å². The Bertz CT molecular complexity index is 1510. The molecular formula is C40H55N3O13. The second-order valence-electron chi connectivity index (χ2n) is 12.9. The molecule has 0 aromatic heterocycles. The molecule has 2 N–H and O–H groups in total. The quantitative estimate of drug-likeness (QED) is 0.0841. The lowest BCUT2D eigenvalue weighted by molar-refractivity contribution is -0.136. The van der Waals surface area contributed by atoms with Crippen LogP contribution in [0.5, 0.6) is 0 Å². The Morgan fingerprint density at radius 1 is 0.607 bits per heavy atom. The highest BCUT2D eigenvalue weighted by atomic mass is 16.6. The maximum absolute atomic E-state index is 13.2. The van der Waals surface area contributed by atoms with Crippen LogP contribution >= 0.6 is 0 Å². The molecule has 56 heavy (non-hydrogen) atoms. The van der Waals surface area contributed by atoms with Gasteiger partial charge in [-0.3, -0.25) is 34.2 Å². The third kappa shape index (κ3) is 16.2. The number of hydrogen-bond donors (Lipinski definition) is 2. The monoisotopic (exact) mass is 785 g/mol. The van der Waals surface area contributed by atoms with Crippen molar-refractivity contribution in [2.24, 2.45) is 0 Å². The summed E-state index contributed by atoms with van der Waals surface area (Å²) in [5, 5.41) is 4.91. The van der Waals surface area contributed by atoms with Crippen LogP contribution in [0.2, 0.25) is 0 Å². The van der Waals surface area contributed by atoms with Crippen LogP contribution in [-0.2, 0) is 58.9 Å². The highest BCUT2D eigenvalue weighted by molar-refractivity contribution is 6.26. The number of nitrogens with zero attached hydrogens (tertiary/aromatic N) is 1. The number of rotatable bonds is 31. The molecule has 2 heterocycles. The molecule has 0 radical (unpaired) electrons. The fourth-order valence-corrected chi connectivity index (χ4v) is 5.80. The number of carbonyl (C=O) groups excluding carboxylic acids is 5. The lowest BCUT2D eigenvalue weighted by Crippen LogP contribution is -2.54. The van der Waals surface area contributed by atoms with Crippen molar-refractivity contribution in [1.29, 1.82) is 0 Å². The van der Waals surface area contributed by atoms with Crippen LogP contribution in [0.15, 0.2) is 48.5 Å². The molecule has 0 aliphatic carbocycles. The van der Waals surface area contributed by atoms with Crippen LogP contribution in [-0.4, -0.2) is 140 Å². The summed E-state index contributed by atoms with van der Waals surface area (Å²) in [6, 6.07) is 13.6. The number of piperidine rings is 1. The van der Waals surface area contributed by atoms with Gasteiger partial charge < -0.3 is 43.2 Å². The van der Waals surface area contributed by atoms with Gasteiger partial charge in [0.2, 0.25) is 17.7 Å². The number of nitrogens with one attached hydrogen (secondary N) is 2. The molecule has 2 aromatic carbocycles. The molecule has 1 unspecified atom stereocenters. The summed E-state index contributed by atoms with van der Waals surface area (Å²) in [5.41, 5.74) is 1.53. The zero-order valence-electron chi connectivity index (χ0n) is 32.0. The van der Waals surface area contributed by atoms with Crippen LogP contribution in [0.3, 0.4) is 0 Å². The molecule has 5 amide bonds. The van der Waals surface area contributed by atoms with E-state index in [1.54, 1.807) is 12.1 Å². The van der Waals surface area contributed by atoms with Crippen LogP contribution in [0.4, 0.5) is 5.69 Å². The number of anilines is 1. The van der Waals surface area contributed by atoms with Crippen molar-refractivity contribution in [2.75, 3.05) is 104 Å². The largest absolute Gasteiger partial charge is 0.379 e. The van der Waals surface area contributed by atoms with Crippen molar-refractivity contribution in [2.45, 2.75) is 51.2 Å². The van der Waals surface area contributed by atoms with Gasteiger partial charge in [0.15, 0.2) is 0 Å². The minimum atomic E-state index is -1.07. The average molecular weight is 786 g/mol. The van der Waals surface area contributed by atoms with Gasteiger partial charge in [0.1, 0.15) is 6.04 Å². The number of amides is 5. The number of carbonyl (C=O) groups is 5. The Balaban J connectivity index is 0.864. The first-order valence-corrected chi connectivity index (χ1v) is 19.3. The summed E-state index contributed by atoms with van der Waals surface area (Å²) < 4.78 is 44.1. The van der Waals surface area contributed by atoms with Crippen molar-refractivity contribution >= 4 is 35.2 Å². The van der Waals surface area contributed by atoms with Gasteiger partial charge in [-0.1, -0.05) is 42.8 Å². The Morgan fingerprint density at radius 3 is 1.70 bits per heavy atom. The molecule has 2 aliphatic rings. The molecule has 0 bridgehead atoms. The van der Waals surface area contributed by atoms with Gasteiger partial charge in [-0.2, -0.15) is 0 Å². The van der Waals surface area contributed by atoms with Gasteiger partial charge in [-0.25, -0.2) is 0 Å². The van der Waals surface area contributed by atoms with E-state index in [0.717, 1.165) is 23.3 Å². The Morgan fingerprint density at radius 2 is 1.14 bits per heavy atom. The minimum absolute atomic E-state index is 0.0298. The molecule has 0 spiro atoms. The van der Waals surface area contributed by atoms with Crippen LogP contribution in [0.1, 0.15) is 64.8 Å². The fraction of sp³-hybridized carbons (Fsp3) is 0.575. The summed E-state index contributed by atoms with van der Waals surface area (Å²) >= 11 is 0. The van der Waals surface area contributed by atoms with Gasteiger partial charge in [-0.05, 0) is 37.0 Å². The van der Waals surface area contributed by atoms with Crippen molar-refractivity contribution in [3.8, 4) is 0 Å². The van der Waals surface area contributed by atoms with E-state index in [1.807, 2.05) is 30.3 Å². The standard InChI is InChI=1S/C40H55N3O13/c44-35(41-33-11-7-10-32-37(33)40(48)43(39(32)47)34-13-14-36(45)42-38(34)46)12-5-2-6-15-49-16-17-50-18-19-51-20-21-52-22-23-53-24-25-54-26-27-55-28-29-56-30-31-8-3-1-4-9-31/h1,3-4,7-11,34H,2,5-6,12-30H2,(H,41,44)(H,42,45,46). The first kappa shape index (κ1) is 44.6. The third-order valence-corrected chi connectivity index (χ3v) is 8.65. The lowest BCUT2D eigenvalue weighted by atomic mass is 10.0. The van der Waals surface area contributed by atoms with E-state index in [4.69, 9.17) is 37.9 Å². The summed E-state index contributed by atoms with van der Waals surface area (Å²) in [7, 11) is 0. The Hall–Kier alpha value is -4.13. The first-order valence-electron chi connectivity index (χ1n) is 19.3. The predicted octanol–water partition coefficient (Wildman–Crippen LogP) is 2.92. The van der Waals surface area contributed by atoms with Gasteiger partial charge >= 0.3 is 0 Å². The van der Waals surface area contributed by atoms with E-state index in [0.29, 0.717) is 112 Å². The van der Waals surface area contributed by atoms with Gasteiger partial charge in [0.05, 0.1) is 116 Å². The van der Waals surface area contributed by atoms with E-state index in [9.17, 15) is 24.0 Å². The predicted molar refractivity (Wildman–Crippen MR) is 202 cm³/mol. The topological polar surface area (TPSA) is 186 Å². The molecule has 2 aliphatic heterocycles. The first-order chi connectivity index (χ1) is 27.5. The molecule has 2 aromatic rings. The maximum Gasteiger partial charge on any atom is 0.264 e. The average Bonchev–Trinajstić information content (AvgIpc) is 3.45. The summed E-state index contributed by atoms with van der Waals surface area (Å²) in [6.07, 6.45) is 2.47. The minimum Gasteiger partial charge on any atom is -0.379 e. The summed E-state index contributed by atoms with van der Waals surface area (Å²) in [5.74, 6) is -2.71. The van der Waals surface area contributed by atoms with Crippen LogP contribution in [0, 0.1) is 0 Å². The van der Waals surface area contributed by atoms with Crippen molar-refractivity contribution in [3.63, 3.8) is 0 Å². The number of ether oxygens (including phenoxy) is 8. The summed E-state index contributed by atoms with van der Waals surface area (Å²) in [4.78, 5) is 63.5. The van der Waals surface area contributed by atoms with Gasteiger partial charge in [0.25, 0.3) is 11.8 Å². The van der Waals surface area contributed by atoms with Crippen molar-refractivity contribution < 1.29 is 61.9 Å². The normalized spacial score (nSPS) is 15.4. The van der Waals surface area contributed by atoms with Crippen LogP contribution < -0.4 is 10.6 Å². The second kappa shape index (κ2) is 26.7. The number of unbranched alkanes of at least 4 members (excludes halogenated alkanes) is 2. The molecule has 1 fully saturated rings. The third-order valence-electron chi connectivity index (χ3n) is 8.65. The SMILES string of the molecule is O=C1CCC(N2C(=O)c3cccc(NC(=O)CCCCCOCCOCCOCCOCCOCCOCCOCCOCc4ccccc4)c3C2=O)C(=O)N1. The molecule has 16 nitrogen and oxygen atoms in total. The number of fused-ring (bicyclic) bond motifs is 1. The number of hydrogen-bond acceptors (Lipinski definition) is 13. The molecule has 4 rings (SSSR count). The zero-order valence-corrected chi connectivity index (χ0v) is 32.0. The fourth-order valence-electron chi connectivity index (χ4n) is 5.80. The highest BCUT2D eigenvalue weighted by Gasteiger charge is 2.45. The smallest absolute Gasteiger partial charge is 0.264 e. The number of imide groups is 2. The van der Waals surface area contributed by atoms with Gasteiger partial charge in [-0.15, -0.1) is 0 Å². The second-order valence-corrected chi connectivity index (χ2v) is 12.9. The molecule has 16 heteroatoms. The van der Waals surface area contributed by atoms with Crippen molar-refractivity contribution in [3.05, 3.63) is 65.2 Å². The number of benzene rings is 2. The molecule has 1 atom stereocenters. The molecule has 308 valence electrons. The highest BCUT2D eigenvalue weighted by Crippen LogP contribution is 2.32. The van der Waals surface area contributed by atoms with E-state index in [2.05, 4.69) is 10.6 Å². The van der Waals surface area contributed by atoms with Crippen molar-refractivity contribution in [1.82, 2.24) is 10.2 Å². The molecule has 1 saturated heterocycles. The molecular weight excluding hydrogens is 730 g/mol.